The Labute approximate surface area is 88.3 Å². The first-order chi connectivity index (χ1) is 6.13. The van der Waals surface area contributed by atoms with Gasteiger partial charge in [0.05, 0.1) is 0 Å². The van der Waals surface area contributed by atoms with Gasteiger partial charge in [-0.2, -0.15) is 0 Å². The van der Waals surface area contributed by atoms with Crippen LogP contribution >= 0.6 is 22.9 Å². The molecule has 0 aliphatic carbocycles. The minimum Gasteiger partial charge on any atom is -0.359 e. The molecular formula is C9H15ClN2S. The predicted octanol–water partition coefficient (Wildman–Crippen LogP) is 3.64. The number of thiazole rings is 1. The van der Waals surface area contributed by atoms with Crippen molar-refractivity contribution in [2.75, 3.05) is 5.32 Å². The molecule has 0 aliphatic rings. The molecule has 1 heterocycles. The van der Waals surface area contributed by atoms with Crippen LogP contribution in [0.2, 0.25) is 5.15 Å². The van der Waals surface area contributed by atoms with Crippen LogP contribution in [0.1, 0.15) is 27.2 Å². The number of hydrogen-bond donors (Lipinski definition) is 1. The van der Waals surface area contributed by atoms with Gasteiger partial charge in [-0.25, -0.2) is 4.98 Å². The van der Waals surface area contributed by atoms with Crippen LogP contribution in [0.4, 0.5) is 5.13 Å². The third-order valence-electron chi connectivity index (χ3n) is 2.03. The fraction of sp³-hybridized carbons (Fsp3) is 0.667. The summed E-state index contributed by atoms with van der Waals surface area (Å²) in [4.78, 5) is 4.15. The number of hydrogen-bond acceptors (Lipinski definition) is 3. The quantitative estimate of drug-likeness (QED) is 0.835. The summed E-state index contributed by atoms with van der Waals surface area (Å²) in [5.74, 6) is 0.618. The molecule has 1 atom stereocenters. The molecule has 0 aromatic carbocycles. The van der Waals surface area contributed by atoms with Crippen LogP contribution in [0.5, 0.6) is 0 Å². The van der Waals surface area contributed by atoms with Crippen molar-refractivity contribution < 1.29 is 0 Å². The topological polar surface area (TPSA) is 24.9 Å². The molecule has 1 aromatic rings. The van der Waals surface area contributed by atoms with E-state index in [1.54, 1.807) is 11.3 Å². The first-order valence-electron chi connectivity index (χ1n) is 4.51. The van der Waals surface area contributed by atoms with Crippen molar-refractivity contribution >= 4 is 28.1 Å². The minimum absolute atomic E-state index is 0.488. The summed E-state index contributed by atoms with van der Waals surface area (Å²) in [5, 5.41) is 6.71. The molecule has 0 radical (unpaired) electrons. The summed E-state index contributed by atoms with van der Waals surface area (Å²) in [6, 6.07) is 0.488. The Morgan fingerprint density at radius 2 is 2.31 bits per heavy atom. The van der Waals surface area contributed by atoms with Crippen LogP contribution < -0.4 is 5.32 Å². The molecule has 1 N–H and O–H groups in total. The molecule has 1 unspecified atom stereocenters. The summed E-state index contributed by atoms with van der Waals surface area (Å²) in [7, 11) is 0. The van der Waals surface area contributed by atoms with Gasteiger partial charge in [-0.05, 0) is 12.3 Å². The summed E-state index contributed by atoms with van der Waals surface area (Å²) < 4.78 is 0. The Morgan fingerprint density at radius 3 is 2.69 bits per heavy atom. The molecule has 1 aromatic heterocycles. The first-order valence-corrected chi connectivity index (χ1v) is 5.76. The number of halogens is 1. The van der Waals surface area contributed by atoms with Crippen LogP contribution in [-0.4, -0.2) is 11.0 Å². The van der Waals surface area contributed by atoms with E-state index < -0.39 is 0 Å². The Morgan fingerprint density at radius 1 is 1.62 bits per heavy atom. The largest absolute Gasteiger partial charge is 0.359 e. The zero-order valence-corrected chi connectivity index (χ0v) is 9.75. The highest BCUT2D eigenvalue weighted by atomic mass is 35.5. The van der Waals surface area contributed by atoms with Crippen molar-refractivity contribution in [1.29, 1.82) is 0 Å². The smallest absolute Gasteiger partial charge is 0.184 e. The van der Waals surface area contributed by atoms with Gasteiger partial charge in [-0.1, -0.05) is 32.4 Å². The van der Waals surface area contributed by atoms with E-state index in [0.29, 0.717) is 17.1 Å². The van der Waals surface area contributed by atoms with E-state index in [0.717, 1.165) is 11.6 Å². The molecule has 0 spiro atoms. The Kier molecular flexibility index (Phi) is 4.00. The van der Waals surface area contributed by atoms with E-state index in [9.17, 15) is 0 Å². The second kappa shape index (κ2) is 4.82. The lowest BCUT2D eigenvalue weighted by Gasteiger charge is -2.19. The van der Waals surface area contributed by atoms with Gasteiger partial charge in [0.1, 0.15) is 5.15 Å². The lowest BCUT2D eigenvalue weighted by molar-refractivity contribution is 0.511. The Balaban J connectivity index is 2.56. The molecule has 0 amide bonds. The van der Waals surface area contributed by atoms with E-state index in [2.05, 4.69) is 31.1 Å². The molecule has 0 saturated carbocycles. The molecule has 0 fully saturated rings. The van der Waals surface area contributed by atoms with E-state index in [4.69, 9.17) is 11.6 Å². The zero-order chi connectivity index (χ0) is 9.84. The van der Waals surface area contributed by atoms with Crippen molar-refractivity contribution in [3.8, 4) is 0 Å². The zero-order valence-electron chi connectivity index (χ0n) is 8.17. The van der Waals surface area contributed by atoms with Gasteiger partial charge in [0.15, 0.2) is 5.13 Å². The number of nitrogens with zero attached hydrogens (tertiary/aromatic N) is 1. The molecule has 1 rings (SSSR count). The average molecular weight is 219 g/mol. The van der Waals surface area contributed by atoms with Crippen molar-refractivity contribution in [1.82, 2.24) is 4.98 Å². The van der Waals surface area contributed by atoms with Crippen molar-refractivity contribution in [3.63, 3.8) is 0 Å². The summed E-state index contributed by atoms with van der Waals surface area (Å²) in [5.41, 5.74) is 0. The van der Waals surface area contributed by atoms with Gasteiger partial charge in [0.2, 0.25) is 0 Å². The van der Waals surface area contributed by atoms with Gasteiger partial charge in [-0.15, -0.1) is 11.3 Å². The normalized spacial score (nSPS) is 13.3. The second-order valence-corrected chi connectivity index (χ2v) is 4.62. The number of aromatic nitrogens is 1. The third kappa shape index (κ3) is 3.16. The van der Waals surface area contributed by atoms with Gasteiger partial charge < -0.3 is 5.32 Å². The summed E-state index contributed by atoms with van der Waals surface area (Å²) >= 11 is 7.28. The summed E-state index contributed by atoms with van der Waals surface area (Å²) in [6.07, 6.45) is 1.11. The highest BCUT2D eigenvalue weighted by Gasteiger charge is 2.11. The maximum Gasteiger partial charge on any atom is 0.184 e. The predicted molar refractivity (Wildman–Crippen MR) is 59.7 cm³/mol. The molecule has 13 heavy (non-hydrogen) atoms. The lowest BCUT2D eigenvalue weighted by Crippen LogP contribution is -2.24. The molecule has 0 bridgehead atoms. The van der Waals surface area contributed by atoms with E-state index in [1.165, 1.54) is 0 Å². The minimum atomic E-state index is 0.488. The molecule has 74 valence electrons. The Hall–Kier alpha value is -0.280. The molecule has 0 saturated heterocycles. The average Bonchev–Trinajstić information content (AvgIpc) is 2.46. The Bertz CT molecular complexity index is 260. The molecular weight excluding hydrogens is 204 g/mol. The third-order valence-corrected chi connectivity index (χ3v) is 3.13. The van der Waals surface area contributed by atoms with Gasteiger partial charge >= 0.3 is 0 Å². The van der Waals surface area contributed by atoms with Gasteiger partial charge in [0.25, 0.3) is 0 Å². The van der Waals surface area contributed by atoms with Crippen LogP contribution in [0.25, 0.3) is 0 Å². The summed E-state index contributed by atoms with van der Waals surface area (Å²) in [6.45, 7) is 6.58. The highest BCUT2D eigenvalue weighted by Crippen LogP contribution is 2.21. The van der Waals surface area contributed by atoms with Crippen LogP contribution in [0.15, 0.2) is 5.38 Å². The number of rotatable bonds is 4. The first kappa shape index (κ1) is 10.8. The van der Waals surface area contributed by atoms with Crippen LogP contribution in [0, 0.1) is 5.92 Å². The van der Waals surface area contributed by atoms with Crippen molar-refractivity contribution in [2.45, 2.75) is 33.2 Å². The maximum absolute atomic E-state index is 5.73. The van der Waals surface area contributed by atoms with Crippen LogP contribution in [-0.2, 0) is 0 Å². The number of nitrogens with one attached hydrogen (secondary N) is 1. The molecule has 2 nitrogen and oxygen atoms in total. The van der Waals surface area contributed by atoms with Crippen molar-refractivity contribution in [2.24, 2.45) is 5.92 Å². The fourth-order valence-electron chi connectivity index (χ4n) is 1.22. The SMILES string of the molecule is CCC(Nc1nc(Cl)cs1)C(C)C. The van der Waals surface area contributed by atoms with Gasteiger partial charge in [-0.3, -0.25) is 0 Å². The molecule has 0 aliphatic heterocycles. The van der Waals surface area contributed by atoms with Crippen molar-refractivity contribution in [3.05, 3.63) is 10.5 Å². The monoisotopic (exact) mass is 218 g/mol. The van der Waals surface area contributed by atoms with E-state index >= 15 is 0 Å². The standard InChI is InChI=1S/C9H15ClN2S/c1-4-7(6(2)3)11-9-12-8(10)5-13-9/h5-7H,4H2,1-3H3,(H,11,12). The number of anilines is 1. The fourth-order valence-corrected chi connectivity index (χ4v) is 2.12. The van der Waals surface area contributed by atoms with E-state index in [1.807, 2.05) is 5.38 Å². The molecule has 4 heteroatoms. The van der Waals surface area contributed by atoms with E-state index in [-0.39, 0.29) is 0 Å². The highest BCUT2D eigenvalue weighted by molar-refractivity contribution is 7.14. The van der Waals surface area contributed by atoms with Gasteiger partial charge in [0, 0.05) is 11.4 Å². The van der Waals surface area contributed by atoms with Crippen LogP contribution in [0.3, 0.4) is 0 Å². The second-order valence-electron chi connectivity index (χ2n) is 3.38. The lowest BCUT2D eigenvalue weighted by atomic mass is 10.0. The maximum atomic E-state index is 5.73.